The Morgan fingerprint density at radius 3 is 2.58 bits per heavy atom. The predicted octanol–water partition coefficient (Wildman–Crippen LogP) is 3.60. The van der Waals surface area contributed by atoms with Crippen LogP contribution in [0.4, 0.5) is 0 Å². The maximum absolute atomic E-state index is 6.02. The second kappa shape index (κ2) is 6.39. The van der Waals surface area contributed by atoms with E-state index in [1.807, 2.05) is 7.05 Å². The van der Waals surface area contributed by atoms with E-state index in [1.54, 1.807) is 0 Å². The van der Waals surface area contributed by atoms with Crippen molar-refractivity contribution >= 4 is 0 Å². The summed E-state index contributed by atoms with van der Waals surface area (Å²) in [5.41, 5.74) is 4.86. The van der Waals surface area contributed by atoms with Crippen LogP contribution in [0.3, 0.4) is 0 Å². The fraction of sp³-hybridized carbons (Fsp3) is 0.294. The minimum atomic E-state index is 0.614. The first kappa shape index (κ1) is 13.6. The van der Waals surface area contributed by atoms with Gasteiger partial charge >= 0.3 is 0 Å². The van der Waals surface area contributed by atoms with Crippen LogP contribution in [0.15, 0.2) is 42.5 Å². The first-order valence-corrected chi connectivity index (χ1v) is 6.62. The third kappa shape index (κ3) is 3.58. The molecule has 0 unspecified atom stereocenters. The Bertz CT molecular complexity index is 549. The summed E-state index contributed by atoms with van der Waals surface area (Å²) in [4.78, 5) is 0. The van der Waals surface area contributed by atoms with E-state index < -0.39 is 0 Å². The summed E-state index contributed by atoms with van der Waals surface area (Å²) in [6, 6.07) is 14.7. The molecule has 1 N–H and O–H groups in total. The van der Waals surface area contributed by atoms with Crippen molar-refractivity contribution in [3.05, 3.63) is 64.7 Å². The van der Waals surface area contributed by atoms with Crippen LogP contribution >= 0.6 is 0 Å². The van der Waals surface area contributed by atoms with Gasteiger partial charge < -0.3 is 10.1 Å². The Morgan fingerprint density at radius 1 is 1.05 bits per heavy atom. The molecule has 0 aliphatic rings. The summed E-state index contributed by atoms with van der Waals surface area (Å²) in [6.45, 7) is 5.63. The number of nitrogens with one attached hydrogen (secondary N) is 1. The molecule has 100 valence electrons. The average Bonchev–Trinajstić information content (AvgIpc) is 2.38. The molecule has 0 bridgehead atoms. The van der Waals surface area contributed by atoms with Crippen molar-refractivity contribution in [3.8, 4) is 5.75 Å². The highest BCUT2D eigenvalue weighted by Gasteiger charge is 2.06. The van der Waals surface area contributed by atoms with E-state index in [1.165, 1.54) is 22.3 Å². The van der Waals surface area contributed by atoms with Crippen molar-refractivity contribution in [2.75, 3.05) is 7.05 Å². The lowest BCUT2D eigenvalue weighted by molar-refractivity contribution is 0.300. The summed E-state index contributed by atoms with van der Waals surface area (Å²) < 4.78 is 6.02. The van der Waals surface area contributed by atoms with E-state index in [0.717, 1.165) is 12.3 Å². The Morgan fingerprint density at radius 2 is 1.84 bits per heavy atom. The van der Waals surface area contributed by atoms with E-state index in [2.05, 4.69) is 61.6 Å². The molecule has 2 aromatic rings. The van der Waals surface area contributed by atoms with Crippen LogP contribution in [0, 0.1) is 13.8 Å². The second-order valence-corrected chi connectivity index (χ2v) is 4.87. The minimum absolute atomic E-state index is 0.614. The Labute approximate surface area is 115 Å². The topological polar surface area (TPSA) is 21.3 Å². The third-order valence-electron chi connectivity index (χ3n) is 3.13. The summed E-state index contributed by atoms with van der Waals surface area (Å²) in [5, 5.41) is 3.18. The van der Waals surface area contributed by atoms with Gasteiger partial charge in [-0.1, -0.05) is 48.0 Å². The molecule has 0 heterocycles. The largest absolute Gasteiger partial charge is 0.488 e. The second-order valence-electron chi connectivity index (χ2n) is 4.87. The van der Waals surface area contributed by atoms with Gasteiger partial charge in [-0.2, -0.15) is 0 Å². The molecule has 0 aliphatic carbocycles. The number of aryl methyl sites for hydroxylation is 2. The number of rotatable bonds is 5. The zero-order valence-electron chi connectivity index (χ0n) is 11.9. The number of hydrogen-bond donors (Lipinski definition) is 1. The predicted molar refractivity (Wildman–Crippen MR) is 79.5 cm³/mol. The zero-order chi connectivity index (χ0) is 13.7. The SMILES string of the molecule is CNCc1cccc(C)c1OCc1cccc(C)c1. The van der Waals surface area contributed by atoms with Crippen LogP contribution < -0.4 is 10.1 Å². The van der Waals surface area contributed by atoms with Gasteiger partial charge in [0.05, 0.1) is 0 Å². The first-order valence-electron chi connectivity index (χ1n) is 6.62. The third-order valence-corrected chi connectivity index (χ3v) is 3.13. The number of para-hydroxylation sites is 1. The van der Waals surface area contributed by atoms with E-state index >= 15 is 0 Å². The average molecular weight is 255 g/mol. The van der Waals surface area contributed by atoms with Crippen molar-refractivity contribution in [1.82, 2.24) is 5.32 Å². The molecule has 0 aromatic heterocycles. The molecule has 0 aliphatic heterocycles. The van der Waals surface area contributed by atoms with Gasteiger partial charge in [-0.05, 0) is 32.0 Å². The van der Waals surface area contributed by atoms with Crippen LogP contribution in [-0.4, -0.2) is 7.05 Å². The molecule has 2 rings (SSSR count). The minimum Gasteiger partial charge on any atom is -0.488 e. The molecular formula is C17H21NO. The molecule has 0 saturated heterocycles. The first-order chi connectivity index (χ1) is 9.20. The fourth-order valence-corrected chi connectivity index (χ4v) is 2.21. The number of ether oxygens (including phenoxy) is 1. The lowest BCUT2D eigenvalue weighted by atomic mass is 10.1. The van der Waals surface area contributed by atoms with Crippen molar-refractivity contribution < 1.29 is 4.74 Å². The smallest absolute Gasteiger partial charge is 0.127 e. The Balaban J connectivity index is 2.14. The molecule has 0 fully saturated rings. The van der Waals surface area contributed by atoms with Gasteiger partial charge in [0.1, 0.15) is 12.4 Å². The molecule has 2 nitrogen and oxygen atoms in total. The van der Waals surface area contributed by atoms with E-state index in [9.17, 15) is 0 Å². The Kier molecular flexibility index (Phi) is 4.58. The highest BCUT2D eigenvalue weighted by atomic mass is 16.5. The van der Waals surface area contributed by atoms with E-state index in [0.29, 0.717) is 6.61 Å². The molecule has 0 spiro atoms. The van der Waals surface area contributed by atoms with Gasteiger partial charge in [0.2, 0.25) is 0 Å². The van der Waals surface area contributed by atoms with Crippen molar-refractivity contribution in [1.29, 1.82) is 0 Å². The highest BCUT2D eigenvalue weighted by Crippen LogP contribution is 2.24. The number of hydrogen-bond acceptors (Lipinski definition) is 2. The Hall–Kier alpha value is -1.80. The maximum atomic E-state index is 6.02. The lowest BCUT2D eigenvalue weighted by Crippen LogP contribution is -2.08. The zero-order valence-corrected chi connectivity index (χ0v) is 11.9. The summed E-state index contributed by atoms with van der Waals surface area (Å²) in [7, 11) is 1.95. The molecule has 19 heavy (non-hydrogen) atoms. The van der Waals surface area contributed by atoms with E-state index in [4.69, 9.17) is 4.74 Å². The van der Waals surface area contributed by atoms with Crippen LogP contribution in [0.1, 0.15) is 22.3 Å². The standard InChI is InChI=1S/C17H21NO/c1-13-6-4-8-15(10-13)12-19-17-14(2)7-5-9-16(17)11-18-3/h4-10,18H,11-12H2,1-3H3. The highest BCUT2D eigenvalue weighted by molar-refractivity contribution is 5.41. The molecule has 0 saturated carbocycles. The molecule has 2 aromatic carbocycles. The van der Waals surface area contributed by atoms with Crippen LogP contribution in [0.2, 0.25) is 0 Å². The van der Waals surface area contributed by atoms with Gasteiger partial charge in [-0.15, -0.1) is 0 Å². The van der Waals surface area contributed by atoms with Gasteiger partial charge in [-0.3, -0.25) is 0 Å². The van der Waals surface area contributed by atoms with Gasteiger partial charge in [0.25, 0.3) is 0 Å². The summed E-state index contributed by atoms with van der Waals surface area (Å²) in [5.74, 6) is 0.998. The van der Waals surface area contributed by atoms with Crippen molar-refractivity contribution in [3.63, 3.8) is 0 Å². The van der Waals surface area contributed by atoms with Gasteiger partial charge in [-0.25, -0.2) is 0 Å². The molecule has 0 radical (unpaired) electrons. The van der Waals surface area contributed by atoms with Crippen LogP contribution in [0.25, 0.3) is 0 Å². The van der Waals surface area contributed by atoms with Crippen LogP contribution in [-0.2, 0) is 13.2 Å². The lowest BCUT2D eigenvalue weighted by Gasteiger charge is -2.14. The molecule has 0 atom stereocenters. The van der Waals surface area contributed by atoms with Crippen molar-refractivity contribution in [2.45, 2.75) is 27.0 Å². The van der Waals surface area contributed by atoms with Gasteiger partial charge in [0.15, 0.2) is 0 Å². The molecule has 0 amide bonds. The fourth-order valence-electron chi connectivity index (χ4n) is 2.21. The van der Waals surface area contributed by atoms with Crippen LogP contribution in [0.5, 0.6) is 5.75 Å². The quantitative estimate of drug-likeness (QED) is 0.881. The number of benzene rings is 2. The monoisotopic (exact) mass is 255 g/mol. The maximum Gasteiger partial charge on any atom is 0.127 e. The molecular weight excluding hydrogens is 234 g/mol. The normalized spacial score (nSPS) is 10.5. The summed E-state index contributed by atoms with van der Waals surface area (Å²) in [6.07, 6.45) is 0. The van der Waals surface area contributed by atoms with E-state index in [-0.39, 0.29) is 0 Å². The summed E-state index contributed by atoms with van der Waals surface area (Å²) >= 11 is 0. The molecule has 2 heteroatoms. The van der Waals surface area contributed by atoms with Crippen molar-refractivity contribution in [2.24, 2.45) is 0 Å². The van der Waals surface area contributed by atoms with Gasteiger partial charge in [0, 0.05) is 12.1 Å².